The molecule has 0 atom stereocenters. The minimum atomic E-state index is -0.512. The van der Waals surface area contributed by atoms with E-state index in [1.165, 1.54) is 24.5 Å². The van der Waals surface area contributed by atoms with Crippen molar-refractivity contribution < 1.29 is 13.9 Å². The van der Waals surface area contributed by atoms with Gasteiger partial charge in [0.05, 0.1) is 5.02 Å². The molecule has 2 heterocycles. The molecule has 0 unspecified atom stereocenters. The van der Waals surface area contributed by atoms with Crippen molar-refractivity contribution in [3.8, 4) is 5.88 Å². The second-order valence-corrected chi connectivity index (χ2v) is 6.87. The number of likely N-dealkylation sites (tertiary alicyclic amines) is 1. The molecule has 0 spiro atoms. The average molecular weight is 393 g/mol. The minimum Gasteiger partial charge on any atom is -0.476 e. The van der Waals surface area contributed by atoms with Crippen LogP contribution >= 0.6 is 11.6 Å². The summed E-state index contributed by atoms with van der Waals surface area (Å²) in [5, 5.41) is 3.36. The average Bonchev–Trinajstić information content (AvgIpc) is 2.70. The SMILES string of the molecule is O=C(c1ccc(F)c(Cl)c1)N1CCC(CNCCOc2ccncn2)CC1. The fraction of sp³-hybridized carbons (Fsp3) is 0.421. The van der Waals surface area contributed by atoms with Gasteiger partial charge in [-0.15, -0.1) is 0 Å². The number of piperidine rings is 1. The zero-order valence-corrected chi connectivity index (χ0v) is 15.7. The largest absolute Gasteiger partial charge is 0.476 e. The number of benzene rings is 1. The highest BCUT2D eigenvalue weighted by Gasteiger charge is 2.23. The molecule has 0 aliphatic carbocycles. The number of amides is 1. The van der Waals surface area contributed by atoms with Gasteiger partial charge in [-0.3, -0.25) is 4.79 Å². The Morgan fingerprint density at radius 1 is 1.33 bits per heavy atom. The number of carbonyl (C=O) groups excluding carboxylic acids is 1. The lowest BCUT2D eigenvalue weighted by Gasteiger charge is -2.32. The number of nitrogens with zero attached hydrogens (tertiary/aromatic N) is 3. The molecule has 1 amide bonds. The van der Waals surface area contributed by atoms with Crippen LogP contribution in [0, 0.1) is 11.7 Å². The summed E-state index contributed by atoms with van der Waals surface area (Å²) in [6, 6.07) is 5.83. The molecule has 1 aromatic heterocycles. The third-order valence-corrected chi connectivity index (χ3v) is 4.87. The quantitative estimate of drug-likeness (QED) is 0.734. The van der Waals surface area contributed by atoms with E-state index in [9.17, 15) is 9.18 Å². The Kier molecular flexibility index (Phi) is 6.95. The van der Waals surface area contributed by atoms with Crippen molar-refractivity contribution in [3.05, 3.63) is 53.2 Å². The van der Waals surface area contributed by atoms with Crippen molar-refractivity contribution >= 4 is 17.5 Å². The van der Waals surface area contributed by atoms with E-state index in [2.05, 4.69) is 15.3 Å². The van der Waals surface area contributed by atoms with E-state index in [-0.39, 0.29) is 10.9 Å². The van der Waals surface area contributed by atoms with Crippen molar-refractivity contribution in [2.75, 3.05) is 32.8 Å². The van der Waals surface area contributed by atoms with Crippen LogP contribution < -0.4 is 10.1 Å². The van der Waals surface area contributed by atoms with Crippen LogP contribution in [0.25, 0.3) is 0 Å². The molecule has 8 heteroatoms. The molecule has 1 aromatic carbocycles. The summed E-state index contributed by atoms with van der Waals surface area (Å²) in [6.07, 6.45) is 4.96. The minimum absolute atomic E-state index is 0.0240. The monoisotopic (exact) mass is 392 g/mol. The van der Waals surface area contributed by atoms with E-state index >= 15 is 0 Å². The summed E-state index contributed by atoms with van der Waals surface area (Å²) in [5.74, 6) is 0.479. The van der Waals surface area contributed by atoms with E-state index in [4.69, 9.17) is 16.3 Å². The van der Waals surface area contributed by atoms with Crippen molar-refractivity contribution in [2.24, 2.45) is 5.92 Å². The number of carbonyl (C=O) groups is 1. The summed E-state index contributed by atoms with van der Waals surface area (Å²) in [7, 11) is 0. The van der Waals surface area contributed by atoms with Crippen LogP contribution in [0.5, 0.6) is 5.88 Å². The van der Waals surface area contributed by atoms with E-state index in [0.29, 0.717) is 37.1 Å². The Bertz CT molecular complexity index is 755. The Morgan fingerprint density at radius 3 is 2.85 bits per heavy atom. The molecular formula is C19H22ClFN4O2. The van der Waals surface area contributed by atoms with Gasteiger partial charge in [-0.05, 0) is 43.5 Å². The lowest BCUT2D eigenvalue weighted by Crippen LogP contribution is -2.41. The predicted octanol–water partition coefficient (Wildman–Crippen LogP) is 2.79. The highest BCUT2D eigenvalue weighted by atomic mass is 35.5. The van der Waals surface area contributed by atoms with Gasteiger partial charge in [-0.2, -0.15) is 0 Å². The first-order valence-corrected chi connectivity index (χ1v) is 9.35. The zero-order chi connectivity index (χ0) is 19.1. The summed E-state index contributed by atoms with van der Waals surface area (Å²) >= 11 is 5.77. The highest BCUT2D eigenvalue weighted by molar-refractivity contribution is 6.31. The van der Waals surface area contributed by atoms with Crippen LogP contribution in [-0.4, -0.2) is 53.6 Å². The molecule has 144 valence electrons. The van der Waals surface area contributed by atoms with Crippen molar-refractivity contribution in [1.29, 1.82) is 0 Å². The summed E-state index contributed by atoms with van der Waals surface area (Å²) in [6.45, 7) is 3.55. The molecule has 1 N–H and O–H groups in total. The number of hydrogen-bond donors (Lipinski definition) is 1. The third-order valence-electron chi connectivity index (χ3n) is 4.58. The van der Waals surface area contributed by atoms with Crippen molar-refractivity contribution in [2.45, 2.75) is 12.8 Å². The molecule has 6 nitrogen and oxygen atoms in total. The normalized spacial score (nSPS) is 15.0. The predicted molar refractivity (Wildman–Crippen MR) is 100 cm³/mol. The molecule has 0 bridgehead atoms. The molecule has 1 aliphatic rings. The van der Waals surface area contributed by atoms with Gasteiger partial charge >= 0.3 is 0 Å². The van der Waals surface area contributed by atoms with Crippen LogP contribution in [0.1, 0.15) is 23.2 Å². The number of halogens is 2. The third kappa shape index (κ3) is 5.61. The number of ether oxygens (including phenoxy) is 1. The zero-order valence-electron chi connectivity index (χ0n) is 14.9. The molecule has 0 saturated carbocycles. The molecule has 1 saturated heterocycles. The summed E-state index contributed by atoms with van der Waals surface area (Å²) in [4.78, 5) is 22.1. The van der Waals surface area contributed by atoms with Gasteiger partial charge in [-0.25, -0.2) is 14.4 Å². The Hall–Kier alpha value is -2.25. The molecule has 1 fully saturated rings. The molecule has 2 aromatic rings. The van der Waals surface area contributed by atoms with Crippen molar-refractivity contribution in [3.63, 3.8) is 0 Å². The fourth-order valence-corrected chi connectivity index (χ4v) is 3.23. The first-order valence-electron chi connectivity index (χ1n) is 8.97. The standard InChI is InChI=1S/C19H22ClFN4O2/c20-16-11-15(1-2-17(16)21)19(26)25-8-4-14(5-9-25)12-22-7-10-27-18-3-6-23-13-24-18/h1-3,6,11,13-14,22H,4-5,7-10,12H2. The number of aromatic nitrogens is 2. The van der Waals surface area contributed by atoms with Crippen molar-refractivity contribution in [1.82, 2.24) is 20.2 Å². The maximum atomic E-state index is 13.2. The smallest absolute Gasteiger partial charge is 0.253 e. The molecule has 3 rings (SSSR count). The second kappa shape index (κ2) is 9.62. The Balaban J connectivity index is 1.35. The van der Waals surface area contributed by atoms with Crippen LogP contribution in [0.3, 0.4) is 0 Å². The Morgan fingerprint density at radius 2 is 2.15 bits per heavy atom. The number of hydrogen-bond acceptors (Lipinski definition) is 5. The second-order valence-electron chi connectivity index (χ2n) is 6.46. The van der Waals surface area contributed by atoms with Crippen LogP contribution in [0.4, 0.5) is 4.39 Å². The lowest BCUT2D eigenvalue weighted by molar-refractivity contribution is 0.0690. The molecule has 1 aliphatic heterocycles. The summed E-state index contributed by atoms with van der Waals surface area (Å²) in [5.41, 5.74) is 0.430. The van der Waals surface area contributed by atoms with Crippen LogP contribution in [0.2, 0.25) is 5.02 Å². The van der Waals surface area contributed by atoms with Gasteiger partial charge in [0, 0.05) is 37.5 Å². The number of rotatable bonds is 7. The maximum Gasteiger partial charge on any atom is 0.253 e. The fourth-order valence-electron chi connectivity index (χ4n) is 3.05. The first-order chi connectivity index (χ1) is 13.1. The van der Waals surface area contributed by atoms with E-state index in [1.54, 1.807) is 17.2 Å². The van der Waals surface area contributed by atoms with E-state index < -0.39 is 5.82 Å². The maximum absolute atomic E-state index is 13.2. The first kappa shape index (κ1) is 19.5. The Labute approximate surface area is 162 Å². The molecular weight excluding hydrogens is 371 g/mol. The molecule has 0 radical (unpaired) electrons. The lowest BCUT2D eigenvalue weighted by atomic mass is 9.96. The van der Waals surface area contributed by atoms with Gasteiger partial charge in [-0.1, -0.05) is 11.6 Å². The number of nitrogens with one attached hydrogen (secondary N) is 1. The van der Waals surface area contributed by atoms with Gasteiger partial charge in [0.25, 0.3) is 5.91 Å². The van der Waals surface area contributed by atoms with E-state index in [1.807, 2.05) is 0 Å². The van der Waals surface area contributed by atoms with Gasteiger partial charge in [0.2, 0.25) is 5.88 Å². The van der Waals surface area contributed by atoms with Crippen LogP contribution in [-0.2, 0) is 0 Å². The van der Waals surface area contributed by atoms with Gasteiger partial charge in [0.15, 0.2) is 0 Å². The topological polar surface area (TPSA) is 67.4 Å². The van der Waals surface area contributed by atoms with E-state index in [0.717, 1.165) is 25.9 Å². The van der Waals surface area contributed by atoms with Gasteiger partial charge in [0.1, 0.15) is 18.8 Å². The van der Waals surface area contributed by atoms with Crippen LogP contribution in [0.15, 0.2) is 36.8 Å². The molecule has 27 heavy (non-hydrogen) atoms. The van der Waals surface area contributed by atoms with Gasteiger partial charge < -0.3 is 15.0 Å². The summed E-state index contributed by atoms with van der Waals surface area (Å²) < 4.78 is 18.8. The highest BCUT2D eigenvalue weighted by Crippen LogP contribution is 2.21.